The van der Waals surface area contributed by atoms with Crippen LogP contribution in [0.25, 0.3) is 0 Å². The fourth-order valence-electron chi connectivity index (χ4n) is 0.563. The summed E-state index contributed by atoms with van der Waals surface area (Å²) in [4.78, 5) is 0. The van der Waals surface area contributed by atoms with Crippen LogP contribution in [-0.2, 0) is 11.3 Å². The minimum absolute atomic E-state index is 0.474. The molecule has 1 aromatic rings. The molecule has 9 heavy (non-hydrogen) atoms. The van der Waals surface area contributed by atoms with Crippen LogP contribution in [0.1, 0.15) is 5.69 Å². The van der Waals surface area contributed by atoms with Crippen molar-refractivity contribution in [2.45, 2.75) is 6.61 Å². The Morgan fingerprint density at radius 2 is 2.67 bits per heavy atom. The maximum Gasteiger partial charge on any atom is 0.151 e. The van der Waals surface area contributed by atoms with E-state index >= 15 is 0 Å². The van der Waals surface area contributed by atoms with Gasteiger partial charge in [0.2, 0.25) is 0 Å². The van der Waals surface area contributed by atoms with Gasteiger partial charge >= 0.3 is 0 Å². The Labute approximate surface area is 58.0 Å². The fraction of sp³-hybridized carbons (Fsp3) is 0.400. The summed E-state index contributed by atoms with van der Waals surface area (Å²) in [7, 11) is 1.62. The maximum absolute atomic E-state index is 5.50. The average molecular weight is 147 g/mol. The summed E-state index contributed by atoms with van der Waals surface area (Å²) in [6, 6.07) is 1.73. The molecule has 0 saturated carbocycles. The summed E-state index contributed by atoms with van der Waals surface area (Å²) < 4.78 is 4.81. The lowest BCUT2D eigenvalue weighted by Crippen LogP contribution is -1.85. The molecule has 0 aliphatic carbocycles. The van der Waals surface area contributed by atoms with Crippen molar-refractivity contribution in [3.8, 4) is 0 Å². The van der Waals surface area contributed by atoms with Gasteiger partial charge in [0, 0.05) is 13.2 Å². The Bertz CT molecular complexity index is 187. The van der Waals surface area contributed by atoms with Crippen LogP contribution in [0.4, 0.5) is 0 Å². The molecule has 1 aromatic heterocycles. The highest BCUT2D eigenvalue weighted by Gasteiger charge is 1.94. The van der Waals surface area contributed by atoms with E-state index in [1.54, 1.807) is 13.2 Å². The van der Waals surface area contributed by atoms with E-state index in [2.05, 4.69) is 10.2 Å². The van der Waals surface area contributed by atoms with E-state index in [1.807, 2.05) is 0 Å². The van der Waals surface area contributed by atoms with Gasteiger partial charge in [-0.1, -0.05) is 11.6 Å². The van der Waals surface area contributed by atoms with Gasteiger partial charge in [-0.05, 0) is 0 Å². The third-order valence-corrected chi connectivity index (χ3v) is 1.09. The number of ether oxygens (including phenoxy) is 1. The third-order valence-electron chi connectivity index (χ3n) is 0.899. The summed E-state index contributed by atoms with van der Waals surface area (Å²) >= 11 is 5.50. The average Bonchev–Trinajstić information content (AvgIpc) is 2.17. The molecule has 0 bridgehead atoms. The predicted octanol–water partition coefficient (Wildman–Crippen LogP) is 1.21. The summed E-state index contributed by atoms with van der Waals surface area (Å²) in [5, 5.41) is 6.87. The van der Waals surface area contributed by atoms with Crippen molar-refractivity contribution in [1.82, 2.24) is 10.2 Å². The third kappa shape index (κ3) is 1.69. The van der Waals surface area contributed by atoms with E-state index < -0.39 is 0 Å². The number of H-pyrrole nitrogens is 1. The van der Waals surface area contributed by atoms with Crippen molar-refractivity contribution in [1.29, 1.82) is 0 Å². The van der Waals surface area contributed by atoms with E-state index in [4.69, 9.17) is 16.3 Å². The monoisotopic (exact) mass is 146 g/mol. The molecule has 0 aliphatic heterocycles. The molecule has 0 radical (unpaired) electrons. The molecule has 0 saturated heterocycles. The molecular weight excluding hydrogens is 140 g/mol. The van der Waals surface area contributed by atoms with E-state index in [0.717, 1.165) is 5.69 Å². The molecule has 3 nitrogen and oxygen atoms in total. The van der Waals surface area contributed by atoms with Gasteiger partial charge < -0.3 is 4.74 Å². The maximum atomic E-state index is 5.50. The first kappa shape index (κ1) is 6.58. The number of rotatable bonds is 2. The lowest BCUT2D eigenvalue weighted by Gasteiger charge is -1.89. The first-order valence-electron chi connectivity index (χ1n) is 2.51. The van der Waals surface area contributed by atoms with Crippen molar-refractivity contribution < 1.29 is 4.74 Å². The zero-order chi connectivity index (χ0) is 6.69. The minimum atomic E-state index is 0.474. The second-order valence-corrected chi connectivity index (χ2v) is 2.04. The van der Waals surface area contributed by atoms with Gasteiger partial charge in [0.1, 0.15) is 0 Å². The largest absolute Gasteiger partial charge is 0.378 e. The van der Waals surface area contributed by atoms with E-state index in [9.17, 15) is 0 Å². The molecule has 1 N–H and O–H groups in total. The number of nitrogens with zero attached hydrogens (tertiary/aromatic N) is 1. The Kier molecular flexibility index (Phi) is 2.08. The number of hydrogen-bond donors (Lipinski definition) is 1. The normalized spacial score (nSPS) is 10.0. The zero-order valence-corrected chi connectivity index (χ0v) is 5.77. The van der Waals surface area contributed by atoms with Crippen molar-refractivity contribution in [3.63, 3.8) is 0 Å². The lowest BCUT2D eigenvalue weighted by molar-refractivity contribution is 0.181. The fourth-order valence-corrected chi connectivity index (χ4v) is 0.737. The summed E-state index contributed by atoms with van der Waals surface area (Å²) in [6.45, 7) is 0.527. The highest BCUT2D eigenvalue weighted by Crippen LogP contribution is 2.05. The second-order valence-electron chi connectivity index (χ2n) is 1.65. The standard InChI is InChI=1S/C5H7ClN2O/c1-9-3-4-2-5(6)8-7-4/h2H,3H2,1H3,(H,7,8). The second kappa shape index (κ2) is 2.85. The van der Waals surface area contributed by atoms with Gasteiger partial charge in [-0.3, -0.25) is 5.10 Å². The molecule has 50 valence electrons. The molecule has 0 fully saturated rings. The Morgan fingerprint density at radius 3 is 3.11 bits per heavy atom. The molecule has 4 heteroatoms. The van der Waals surface area contributed by atoms with Crippen LogP contribution in [0.2, 0.25) is 5.15 Å². The summed E-state index contributed by atoms with van der Waals surface area (Å²) in [6.07, 6.45) is 0. The Morgan fingerprint density at radius 1 is 1.89 bits per heavy atom. The van der Waals surface area contributed by atoms with Crippen LogP contribution >= 0.6 is 11.6 Å². The number of methoxy groups -OCH3 is 1. The Balaban J connectivity index is 2.61. The molecule has 0 atom stereocenters. The predicted molar refractivity (Wildman–Crippen MR) is 34.3 cm³/mol. The van der Waals surface area contributed by atoms with Crippen molar-refractivity contribution in [2.24, 2.45) is 0 Å². The van der Waals surface area contributed by atoms with E-state index in [-0.39, 0.29) is 0 Å². The molecule has 1 heterocycles. The van der Waals surface area contributed by atoms with E-state index in [0.29, 0.717) is 11.8 Å². The van der Waals surface area contributed by atoms with Crippen LogP contribution in [0.3, 0.4) is 0 Å². The highest BCUT2D eigenvalue weighted by atomic mass is 35.5. The van der Waals surface area contributed by atoms with Gasteiger partial charge in [0.15, 0.2) is 5.15 Å². The number of aromatic amines is 1. The molecule has 0 aliphatic rings. The molecule has 1 rings (SSSR count). The molecule has 0 amide bonds. The quantitative estimate of drug-likeness (QED) is 0.681. The van der Waals surface area contributed by atoms with Gasteiger partial charge in [-0.2, -0.15) is 5.10 Å². The van der Waals surface area contributed by atoms with Crippen LogP contribution in [0.15, 0.2) is 6.07 Å². The lowest BCUT2D eigenvalue weighted by atomic mass is 10.5. The summed E-state index contributed by atoms with van der Waals surface area (Å²) in [5.41, 5.74) is 0.891. The van der Waals surface area contributed by atoms with Crippen molar-refractivity contribution >= 4 is 11.6 Å². The van der Waals surface area contributed by atoms with E-state index in [1.165, 1.54) is 0 Å². The van der Waals surface area contributed by atoms with Gasteiger partial charge in [0.05, 0.1) is 12.3 Å². The summed E-state index contributed by atoms with van der Waals surface area (Å²) in [5.74, 6) is 0. The van der Waals surface area contributed by atoms with Crippen LogP contribution in [0.5, 0.6) is 0 Å². The molecular formula is C5H7ClN2O. The van der Waals surface area contributed by atoms with Crippen LogP contribution in [-0.4, -0.2) is 17.3 Å². The number of aromatic nitrogens is 2. The first-order valence-corrected chi connectivity index (χ1v) is 2.89. The number of nitrogens with one attached hydrogen (secondary N) is 1. The van der Waals surface area contributed by atoms with Gasteiger partial charge in [0.25, 0.3) is 0 Å². The van der Waals surface area contributed by atoms with Crippen molar-refractivity contribution in [3.05, 3.63) is 16.9 Å². The highest BCUT2D eigenvalue weighted by molar-refractivity contribution is 6.29. The smallest absolute Gasteiger partial charge is 0.151 e. The SMILES string of the molecule is COCc1cc(Cl)n[nH]1. The van der Waals surface area contributed by atoms with Crippen LogP contribution in [0, 0.1) is 0 Å². The minimum Gasteiger partial charge on any atom is -0.378 e. The van der Waals surface area contributed by atoms with Crippen LogP contribution < -0.4 is 0 Å². The number of hydrogen-bond acceptors (Lipinski definition) is 2. The van der Waals surface area contributed by atoms with Crippen molar-refractivity contribution in [2.75, 3.05) is 7.11 Å². The topological polar surface area (TPSA) is 37.9 Å². The van der Waals surface area contributed by atoms with Gasteiger partial charge in [-0.15, -0.1) is 0 Å². The molecule has 0 spiro atoms. The van der Waals surface area contributed by atoms with Gasteiger partial charge in [-0.25, -0.2) is 0 Å². The molecule has 0 aromatic carbocycles. The first-order chi connectivity index (χ1) is 4.33. The zero-order valence-electron chi connectivity index (χ0n) is 5.02. The Hall–Kier alpha value is -0.540. The number of halogens is 1. The molecule has 0 unspecified atom stereocenters.